The monoisotopic (exact) mass is 565 g/mol. The lowest BCUT2D eigenvalue weighted by molar-refractivity contribution is -0.148. The molecule has 0 unspecified atom stereocenters. The maximum absolute atomic E-state index is 14.3. The number of likely N-dealkylation sites (N-methyl/N-ethyl adjacent to an activating group) is 1. The Morgan fingerprint density at radius 3 is 2.49 bits per heavy atom. The molecular weight excluding hydrogens is 530 g/mol. The molecule has 41 heavy (non-hydrogen) atoms. The average molecular weight is 566 g/mol. The highest BCUT2D eigenvalue weighted by atomic mass is 16.4. The number of aromatic nitrogens is 1. The van der Waals surface area contributed by atoms with Crippen LogP contribution in [0.25, 0.3) is 11.1 Å². The van der Waals surface area contributed by atoms with E-state index >= 15 is 0 Å². The van der Waals surface area contributed by atoms with Gasteiger partial charge in [-0.3, -0.25) is 24.2 Å². The lowest BCUT2D eigenvalue weighted by Gasteiger charge is -2.50. The zero-order valence-electron chi connectivity index (χ0n) is 23.6. The molecule has 1 amide bonds. The van der Waals surface area contributed by atoms with Crippen LogP contribution in [-0.2, 0) is 22.6 Å². The predicted octanol–water partition coefficient (Wildman–Crippen LogP) is 1.22. The molecule has 4 atom stereocenters. The number of anilines is 1. The van der Waals surface area contributed by atoms with Crippen LogP contribution < -0.4 is 10.6 Å². The number of nitrogens with two attached hydrogens (primary N) is 1. The molecule has 12 heteroatoms. The zero-order valence-corrected chi connectivity index (χ0v) is 23.6. The van der Waals surface area contributed by atoms with Gasteiger partial charge in [0.1, 0.15) is 22.6 Å². The van der Waals surface area contributed by atoms with Crippen molar-refractivity contribution in [3.8, 4) is 0 Å². The number of fused-ring (bicyclic) bond motifs is 5. The molecule has 1 saturated heterocycles. The number of benzene rings is 1. The molecular formula is C29H35N5O7. The molecule has 12 nitrogen and oxygen atoms in total. The van der Waals surface area contributed by atoms with E-state index in [0.29, 0.717) is 30.0 Å². The normalized spacial score (nSPS) is 28.4. The number of ketones is 2. The molecule has 1 aliphatic heterocycles. The fourth-order valence-corrected chi connectivity index (χ4v) is 7.33. The quantitative estimate of drug-likeness (QED) is 0.384. The topological polar surface area (TPSA) is 174 Å². The largest absolute Gasteiger partial charge is 0.510 e. The van der Waals surface area contributed by atoms with Crippen LogP contribution in [0.15, 0.2) is 33.1 Å². The summed E-state index contributed by atoms with van der Waals surface area (Å²) >= 11 is 0. The smallest absolute Gasteiger partial charge is 0.255 e. The van der Waals surface area contributed by atoms with Crippen molar-refractivity contribution in [3.05, 3.63) is 45.7 Å². The third kappa shape index (κ3) is 3.84. The first kappa shape index (κ1) is 27.4. The first-order valence-corrected chi connectivity index (χ1v) is 13.9. The average Bonchev–Trinajstić information content (AvgIpc) is 3.54. The summed E-state index contributed by atoms with van der Waals surface area (Å²) in [4.78, 5) is 50.4. The number of aliphatic hydroxyl groups excluding tert-OH is 2. The van der Waals surface area contributed by atoms with Gasteiger partial charge in [0.25, 0.3) is 5.91 Å². The Hall–Kier alpha value is -3.74. The number of Topliss-reactive ketones (excluding diaryl/α,β-unsaturated/α-hetero) is 2. The first-order valence-electron chi connectivity index (χ1n) is 13.9. The molecule has 3 aliphatic carbocycles. The van der Waals surface area contributed by atoms with Gasteiger partial charge in [-0.2, -0.15) is 0 Å². The second-order valence-corrected chi connectivity index (χ2v) is 12.0. The number of likely N-dealkylation sites (tertiary alicyclic amines) is 1. The van der Waals surface area contributed by atoms with Gasteiger partial charge in [0, 0.05) is 31.3 Å². The van der Waals surface area contributed by atoms with Gasteiger partial charge in [0.15, 0.2) is 17.0 Å². The van der Waals surface area contributed by atoms with Crippen LogP contribution in [0.3, 0.4) is 0 Å². The molecule has 4 aliphatic rings. The molecule has 0 spiro atoms. The second-order valence-electron chi connectivity index (χ2n) is 12.0. The van der Waals surface area contributed by atoms with Crippen molar-refractivity contribution in [1.29, 1.82) is 0 Å². The summed E-state index contributed by atoms with van der Waals surface area (Å²) in [5.74, 6) is -5.49. The molecule has 0 saturated carbocycles. The lowest BCUT2D eigenvalue weighted by atomic mass is 9.58. The molecule has 2 heterocycles. The van der Waals surface area contributed by atoms with Gasteiger partial charge in [-0.25, -0.2) is 4.98 Å². The minimum Gasteiger partial charge on any atom is -0.510 e. The molecule has 1 aromatic heterocycles. The van der Waals surface area contributed by atoms with Gasteiger partial charge >= 0.3 is 0 Å². The fourth-order valence-electron chi connectivity index (χ4n) is 7.33. The van der Waals surface area contributed by atoms with Crippen molar-refractivity contribution in [2.45, 2.75) is 43.9 Å². The predicted molar refractivity (Wildman–Crippen MR) is 148 cm³/mol. The molecule has 1 fully saturated rings. The third-order valence-corrected chi connectivity index (χ3v) is 9.16. The number of aliphatic hydroxyl groups is 3. The summed E-state index contributed by atoms with van der Waals surface area (Å²) in [5, 5.41) is 34.4. The lowest BCUT2D eigenvalue weighted by Crippen LogP contribution is -2.63. The number of oxazole rings is 1. The molecule has 2 aromatic rings. The molecule has 5 N–H and O–H groups in total. The van der Waals surface area contributed by atoms with Crippen LogP contribution in [0.5, 0.6) is 0 Å². The van der Waals surface area contributed by atoms with E-state index in [1.165, 1.54) is 0 Å². The van der Waals surface area contributed by atoms with Gasteiger partial charge in [0.05, 0.1) is 18.2 Å². The Balaban J connectivity index is 1.53. The van der Waals surface area contributed by atoms with E-state index in [1.54, 1.807) is 19.0 Å². The minimum atomic E-state index is -2.62. The number of allylic oxidation sites excluding steroid dienone is 1. The first-order chi connectivity index (χ1) is 19.4. The third-order valence-electron chi connectivity index (χ3n) is 9.16. The number of rotatable bonds is 5. The van der Waals surface area contributed by atoms with Crippen molar-refractivity contribution >= 4 is 34.3 Å². The fraction of sp³-hybridized carbons (Fsp3) is 0.517. The van der Waals surface area contributed by atoms with Crippen molar-refractivity contribution in [2.75, 3.05) is 46.2 Å². The standard InChI is InChI=1S/C29H35N5O7/c1-32(2)17-11-16-25(41-18(31-16)12-34-7-5-6-8-34)20-14(17)9-13-10-15-22(33(3)4)24(36)21(28(30)39)27(38)29(15,40)26(37)19(13)23(20)35/h11,13,15,22,36-37,40H,5-10,12H2,1-4H3,(H2,30,39)/t13-,15-,22-,29-/m0/s1. The highest BCUT2D eigenvalue weighted by molar-refractivity contribution is 6.25. The number of primary amides is 1. The summed E-state index contributed by atoms with van der Waals surface area (Å²) in [7, 11) is 6.99. The summed E-state index contributed by atoms with van der Waals surface area (Å²) in [6.07, 6.45) is 2.62. The van der Waals surface area contributed by atoms with Gasteiger partial charge in [-0.15, -0.1) is 0 Å². The van der Waals surface area contributed by atoms with Crippen LogP contribution in [-0.4, -0.2) is 101 Å². The van der Waals surface area contributed by atoms with Crippen LogP contribution in [0, 0.1) is 11.8 Å². The van der Waals surface area contributed by atoms with E-state index in [0.717, 1.165) is 37.2 Å². The van der Waals surface area contributed by atoms with Crippen molar-refractivity contribution < 1.29 is 34.1 Å². The Labute approximate surface area is 236 Å². The minimum absolute atomic E-state index is 0.0906. The molecule has 6 rings (SSSR count). The van der Waals surface area contributed by atoms with Crippen LogP contribution in [0.1, 0.15) is 41.1 Å². The Morgan fingerprint density at radius 2 is 1.88 bits per heavy atom. The number of carbonyl (C=O) groups excluding carboxylic acids is 3. The van der Waals surface area contributed by atoms with Gasteiger partial charge in [0.2, 0.25) is 11.7 Å². The van der Waals surface area contributed by atoms with E-state index in [2.05, 4.69) is 9.88 Å². The van der Waals surface area contributed by atoms with E-state index in [4.69, 9.17) is 10.2 Å². The molecule has 1 aromatic carbocycles. The van der Waals surface area contributed by atoms with E-state index in [-0.39, 0.29) is 17.6 Å². The van der Waals surface area contributed by atoms with Gasteiger partial charge in [-0.05, 0) is 70.4 Å². The van der Waals surface area contributed by atoms with Gasteiger partial charge in [-0.1, -0.05) is 0 Å². The molecule has 0 radical (unpaired) electrons. The Kier molecular flexibility index (Phi) is 6.29. The highest BCUT2D eigenvalue weighted by Gasteiger charge is 2.63. The number of carbonyl (C=O) groups is 3. The van der Waals surface area contributed by atoms with Gasteiger partial charge < -0.3 is 30.4 Å². The number of nitrogens with zero attached hydrogens (tertiary/aromatic N) is 4. The van der Waals surface area contributed by atoms with Crippen LogP contribution in [0.4, 0.5) is 5.69 Å². The van der Waals surface area contributed by atoms with Crippen molar-refractivity contribution in [3.63, 3.8) is 0 Å². The Morgan fingerprint density at radius 1 is 1.20 bits per heavy atom. The van der Waals surface area contributed by atoms with E-state index in [9.17, 15) is 29.7 Å². The maximum atomic E-state index is 14.3. The Bertz CT molecular complexity index is 1560. The number of hydrogen-bond acceptors (Lipinski definition) is 11. The number of amides is 1. The zero-order chi connectivity index (χ0) is 29.5. The summed E-state index contributed by atoms with van der Waals surface area (Å²) in [5.41, 5.74) is 4.49. The van der Waals surface area contributed by atoms with Crippen molar-refractivity contribution in [2.24, 2.45) is 17.6 Å². The summed E-state index contributed by atoms with van der Waals surface area (Å²) < 4.78 is 6.18. The number of hydrogen-bond donors (Lipinski definition) is 4. The highest BCUT2D eigenvalue weighted by Crippen LogP contribution is 2.53. The van der Waals surface area contributed by atoms with E-state index in [1.807, 2.05) is 25.1 Å². The summed E-state index contributed by atoms with van der Waals surface area (Å²) in [6, 6.07) is 0.894. The van der Waals surface area contributed by atoms with Crippen molar-refractivity contribution in [1.82, 2.24) is 14.8 Å². The molecule has 0 bridgehead atoms. The van der Waals surface area contributed by atoms with E-state index < -0.39 is 58.0 Å². The second kappa shape index (κ2) is 9.40. The van der Waals surface area contributed by atoms with Crippen LogP contribution in [0.2, 0.25) is 0 Å². The maximum Gasteiger partial charge on any atom is 0.255 e. The van der Waals surface area contributed by atoms with Crippen LogP contribution >= 0.6 is 0 Å². The molecule has 218 valence electrons. The summed E-state index contributed by atoms with van der Waals surface area (Å²) in [6.45, 7) is 2.40. The SMILES string of the molecule is CN(C)c1cc2nc(CN3CCCC3)oc2c2c1C[C@H]1C[C@H]3[C@H](N(C)C)C(O)=C(C(N)=O)C(=O)[C@@]3(O)C(O)=C1C2=O.